The van der Waals surface area contributed by atoms with Gasteiger partial charge in [0.15, 0.2) is 0 Å². The van der Waals surface area contributed by atoms with Gasteiger partial charge in [-0.2, -0.15) is 0 Å². The summed E-state index contributed by atoms with van der Waals surface area (Å²) in [5.74, 6) is 1.63. The molecule has 2 N–H and O–H groups in total. The van der Waals surface area contributed by atoms with Crippen LogP contribution in [0.5, 0.6) is 0 Å². The van der Waals surface area contributed by atoms with Crippen molar-refractivity contribution in [2.24, 2.45) is 0 Å². The van der Waals surface area contributed by atoms with Crippen molar-refractivity contribution in [2.45, 2.75) is 13.3 Å². The van der Waals surface area contributed by atoms with E-state index in [4.69, 9.17) is 9.72 Å². The number of amides is 1. The lowest BCUT2D eigenvalue weighted by atomic mass is 10.0. The molecule has 4 heterocycles. The third kappa shape index (κ3) is 4.96. The monoisotopic (exact) mass is 483 g/mol. The number of benzene rings is 1. The van der Waals surface area contributed by atoms with Crippen LogP contribution in [0.15, 0.2) is 55.1 Å². The number of aromatic nitrogens is 4. The first-order valence-corrected chi connectivity index (χ1v) is 12.1. The average Bonchev–Trinajstić information content (AvgIpc) is 2.93. The maximum absolute atomic E-state index is 12.2. The van der Waals surface area contributed by atoms with Crippen LogP contribution >= 0.6 is 0 Å². The van der Waals surface area contributed by atoms with E-state index in [2.05, 4.69) is 43.5 Å². The van der Waals surface area contributed by atoms with Crippen molar-refractivity contribution in [3.05, 3.63) is 71.8 Å². The molecular formula is C27H29N7O2. The number of morpholine rings is 1. The van der Waals surface area contributed by atoms with E-state index in [9.17, 15) is 4.79 Å². The van der Waals surface area contributed by atoms with Crippen LogP contribution in [0.2, 0.25) is 0 Å². The zero-order valence-electron chi connectivity index (χ0n) is 20.5. The molecule has 184 valence electrons. The Morgan fingerprint density at radius 3 is 2.75 bits per heavy atom. The molecule has 0 spiro atoms. The predicted molar refractivity (Wildman–Crippen MR) is 140 cm³/mol. The average molecular weight is 484 g/mol. The molecule has 0 bridgehead atoms. The Morgan fingerprint density at radius 2 is 1.94 bits per heavy atom. The number of ether oxygens (including phenoxy) is 1. The number of hydrogen-bond donors (Lipinski definition) is 2. The number of nitrogens with one attached hydrogen (secondary N) is 2. The Balaban J connectivity index is 1.29. The molecule has 1 aromatic carbocycles. The number of hydrogen-bond acceptors (Lipinski definition) is 8. The normalized spacial score (nSPS) is 13.6. The van der Waals surface area contributed by atoms with Crippen molar-refractivity contribution in [2.75, 3.05) is 50.1 Å². The Kier molecular flexibility index (Phi) is 6.99. The summed E-state index contributed by atoms with van der Waals surface area (Å²) in [7, 11) is 1.63. The van der Waals surface area contributed by atoms with Crippen LogP contribution in [0.3, 0.4) is 0 Å². The molecule has 4 aromatic rings. The number of fused-ring (bicyclic) bond motifs is 1. The van der Waals surface area contributed by atoms with E-state index in [0.717, 1.165) is 77.6 Å². The van der Waals surface area contributed by atoms with E-state index in [-0.39, 0.29) is 5.91 Å². The first kappa shape index (κ1) is 23.6. The van der Waals surface area contributed by atoms with Crippen LogP contribution < -0.4 is 15.5 Å². The molecule has 0 saturated carbocycles. The summed E-state index contributed by atoms with van der Waals surface area (Å²) >= 11 is 0. The Morgan fingerprint density at radius 1 is 1.08 bits per heavy atom. The summed E-state index contributed by atoms with van der Waals surface area (Å²) in [6.45, 7) is 5.91. The van der Waals surface area contributed by atoms with Crippen molar-refractivity contribution >= 4 is 28.4 Å². The molecule has 0 radical (unpaired) electrons. The van der Waals surface area contributed by atoms with E-state index in [1.54, 1.807) is 25.6 Å². The van der Waals surface area contributed by atoms with Gasteiger partial charge < -0.3 is 20.3 Å². The third-order valence-corrected chi connectivity index (χ3v) is 6.35. The topological polar surface area (TPSA) is 105 Å². The first-order chi connectivity index (χ1) is 17.6. The highest BCUT2D eigenvalue weighted by Gasteiger charge is 2.16. The molecule has 36 heavy (non-hydrogen) atoms. The van der Waals surface area contributed by atoms with E-state index < -0.39 is 0 Å². The molecular weight excluding hydrogens is 454 g/mol. The van der Waals surface area contributed by atoms with Gasteiger partial charge in [0.2, 0.25) is 0 Å². The maximum Gasteiger partial charge on any atom is 0.251 e. The summed E-state index contributed by atoms with van der Waals surface area (Å²) < 4.78 is 5.46. The number of nitrogens with zero attached hydrogens (tertiary/aromatic N) is 5. The molecule has 1 aliphatic heterocycles. The van der Waals surface area contributed by atoms with Gasteiger partial charge in [-0.1, -0.05) is 18.2 Å². The lowest BCUT2D eigenvalue weighted by molar-refractivity contribution is 0.0964. The van der Waals surface area contributed by atoms with E-state index in [1.165, 1.54) is 0 Å². The lowest BCUT2D eigenvalue weighted by Crippen LogP contribution is -2.37. The summed E-state index contributed by atoms with van der Waals surface area (Å²) in [4.78, 5) is 32.6. The fourth-order valence-corrected chi connectivity index (χ4v) is 4.52. The zero-order chi connectivity index (χ0) is 24.9. The predicted octanol–water partition coefficient (Wildman–Crippen LogP) is 3.25. The fourth-order valence-electron chi connectivity index (χ4n) is 4.52. The van der Waals surface area contributed by atoms with Crippen molar-refractivity contribution in [1.82, 2.24) is 25.3 Å². The second kappa shape index (κ2) is 10.7. The van der Waals surface area contributed by atoms with Gasteiger partial charge >= 0.3 is 0 Å². The van der Waals surface area contributed by atoms with Gasteiger partial charge in [-0.25, -0.2) is 15.0 Å². The van der Waals surface area contributed by atoms with Gasteiger partial charge in [-0.3, -0.25) is 9.78 Å². The third-order valence-electron chi connectivity index (χ3n) is 6.35. The molecule has 3 aromatic heterocycles. The number of aryl methyl sites for hydroxylation is 1. The minimum atomic E-state index is -0.117. The van der Waals surface area contributed by atoms with Crippen molar-refractivity contribution < 1.29 is 9.53 Å². The van der Waals surface area contributed by atoms with Crippen LogP contribution in [0.4, 0.5) is 11.6 Å². The molecule has 0 aliphatic carbocycles. The number of carbonyl (C=O) groups is 1. The van der Waals surface area contributed by atoms with Gasteiger partial charge in [0.25, 0.3) is 5.91 Å². The first-order valence-electron chi connectivity index (χ1n) is 12.1. The second-order valence-corrected chi connectivity index (χ2v) is 8.68. The largest absolute Gasteiger partial charge is 0.378 e. The molecule has 1 amide bonds. The molecule has 1 saturated heterocycles. The van der Waals surface area contributed by atoms with Crippen LogP contribution in [0.25, 0.3) is 22.2 Å². The second-order valence-electron chi connectivity index (χ2n) is 8.68. The molecule has 9 heteroatoms. The van der Waals surface area contributed by atoms with E-state index in [0.29, 0.717) is 12.1 Å². The minimum absolute atomic E-state index is 0.117. The number of para-hydroxylation sites is 1. The van der Waals surface area contributed by atoms with Gasteiger partial charge in [0.05, 0.1) is 30.0 Å². The number of pyridine rings is 2. The molecule has 0 atom stereocenters. The summed E-state index contributed by atoms with van der Waals surface area (Å²) in [5.41, 5.74) is 5.42. The molecule has 5 rings (SSSR count). The van der Waals surface area contributed by atoms with Crippen LogP contribution in [0, 0.1) is 6.92 Å². The number of carbonyl (C=O) groups excluding carboxylic acids is 1. The highest BCUT2D eigenvalue weighted by molar-refractivity contribution is 6.06. The van der Waals surface area contributed by atoms with E-state index in [1.807, 2.05) is 30.5 Å². The summed E-state index contributed by atoms with van der Waals surface area (Å²) in [5, 5.41) is 6.94. The van der Waals surface area contributed by atoms with Crippen LogP contribution in [0.1, 0.15) is 21.5 Å². The highest BCUT2D eigenvalue weighted by atomic mass is 16.5. The Labute approximate surface area is 210 Å². The summed E-state index contributed by atoms with van der Waals surface area (Å²) in [6.07, 6.45) is 5.85. The van der Waals surface area contributed by atoms with Gasteiger partial charge in [-0.15, -0.1) is 0 Å². The quantitative estimate of drug-likeness (QED) is 0.413. The summed E-state index contributed by atoms with van der Waals surface area (Å²) in [6, 6.07) is 11.7. The lowest BCUT2D eigenvalue weighted by Gasteiger charge is -2.29. The zero-order valence-corrected chi connectivity index (χ0v) is 20.5. The Bertz CT molecular complexity index is 1390. The van der Waals surface area contributed by atoms with Crippen molar-refractivity contribution in [1.29, 1.82) is 0 Å². The fraction of sp³-hybridized carbons (Fsp3) is 0.296. The number of rotatable bonds is 7. The SMILES string of the molecule is CNC(=O)c1ccnc2c(CCNc3cc(-c4cnc(N5CCOCC5)c(C)c4)ncn3)cccc12. The van der Waals surface area contributed by atoms with Gasteiger partial charge in [0.1, 0.15) is 18.0 Å². The Hall–Kier alpha value is -4.11. The molecule has 1 aliphatic rings. The van der Waals surface area contributed by atoms with Gasteiger partial charge in [0, 0.05) is 56.1 Å². The van der Waals surface area contributed by atoms with E-state index >= 15 is 0 Å². The molecule has 1 fully saturated rings. The minimum Gasteiger partial charge on any atom is -0.378 e. The maximum atomic E-state index is 12.2. The van der Waals surface area contributed by atoms with Crippen molar-refractivity contribution in [3.8, 4) is 11.3 Å². The smallest absolute Gasteiger partial charge is 0.251 e. The van der Waals surface area contributed by atoms with Crippen LogP contribution in [-0.4, -0.2) is 65.7 Å². The van der Waals surface area contributed by atoms with Crippen LogP contribution in [-0.2, 0) is 11.2 Å². The standard InChI is InChI=1S/C27H29N7O2/c1-18-14-20(16-31-26(18)34-10-12-36-13-11-34)23-15-24(33-17-32-23)29-8-6-19-4-3-5-21-22(27(35)28-2)7-9-30-25(19)21/h3-5,7,9,14-17H,6,8,10-13H2,1-2H3,(H,28,35)(H,29,32,33). The molecule has 0 unspecified atom stereocenters. The number of anilines is 2. The van der Waals surface area contributed by atoms with Gasteiger partial charge in [-0.05, 0) is 36.6 Å². The van der Waals surface area contributed by atoms with Crippen molar-refractivity contribution in [3.63, 3.8) is 0 Å². The highest BCUT2D eigenvalue weighted by Crippen LogP contribution is 2.25. The molecule has 9 nitrogen and oxygen atoms in total.